The van der Waals surface area contributed by atoms with Crippen molar-refractivity contribution in [3.8, 4) is 11.4 Å². The number of carbonyl (C=O) groups is 4. The molecule has 14 heteroatoms. The van der Waals surface area contributed by atoms with Gasteiger partial charge in [0.25, 0.3) is 16.7 Å². The van der Waals surface area contributed by atoms with Crippen LogP contribution in [0.25, 0.3) is 11.4 Å². The first kappa shape index (κ1) is 31.8. The highest BCUT2D eigenvalue weighted by atomic mass is 32.2. The lowest BCUT2D eigenvalue weighted by molar-refractivity contribution is -0.122. The van der Waals surface area contributed by atoms with Crippen molar-refractivity contribution in [1.82, 2.24) is 25.1 Å². The molecule has 0 saturated carbocycles. The van der Waals surface area contributed by atoms with E-state index in [-0.39, 0.29) is 46.7 Å². The Morgan fingerprint density at radius 2 is 1.68 bits per heavy atom. The van der Waals surface area contributed by atoms with Gasteiger partial charge in [-0.05, 0) is 18.4 Å². The second kappa shape index (κ2) is 14.9. The number of Topliss-reactive ketones (excluding diaryl/α,β-unsaturated/α-hetero) is 2. The Balaban J connectivity index is 1.54. The van der Waals surface area contributed by atoms with Crippen molar-refractivity contribution in [3.05, 3.63) is 88.7 Å². The maximum atomic E-state index is 13.5. The van der Waals surface area contributed by atoms with E-state index in [1.807, 2.05) is 6.07 Å². The molecule has 4 rings (SSSR count). The van der Waals surface area contributed by atoms with Crippen LogP contribution in [0, 0.1) is 5.92 Å². The standard InChI is InChI=1S/C30H30N6O7S/c1-18(2)24(25(39)27-34-35-30(43-27)44-17-19(3)37)33-23(38)15-36-26(21-12-8-5-9-13-21)31-14-22(28(36)40)32-29(41)42-16-20-10-6-4-7-11-20/h4-14,18,24H,15-17H2,1-3H3,(H,32,41)(H,33,38). The van der Waals surface area contributed by atoms with Gasteiger partial charge in [-0.1, -0.05) is 86.3 Å². The average Bonchev–Trinajstić information content (AvgIpc) is 3.49. The average molecular weight is 619 g/mol. The van der Waals surface area contributed by atoms with E-state index in [4.69, 9.17) is 9.15 Å². The second-order valence-corrected chi connectivity index (χ2v) is 10.9. The van der Waals surface area contributed by atoms with Crippen molar-refractivity contribution in [2.75, 3.05) is 11.1 Å². The third-order valence-corrected chi connectivity index (χ3v) is 7.07. The van der Waals surface area contributed by atoms with Crippen LogP contribution in [0.5, 0.6) is 0 Å². The molecule has 0 aliphatic carbocycles. The summed E-state index contributed by atoms with van der Waals surface area (Å²) in [6.07, 6.45) is 0.322. The number of hydrogen-bond acceptors (Lipinski definition) is 11. The van der Waals surface area contributed by atoms with E-state index in [2.05, 4.69) is 25.8 Å². The maximum absolute atomic E-state index is 13.5. The van der Waals surface area contributed by atoms with Crippen molar-refractivity contribution in [2.24, 2.45) is 5.92 Å². The van der Waals surface area contributed by atoms with Crippen molar-refractivity contribution >= 4 is 41.0 Å². The first-order valence-electron chi connectivity index (χ1n) is 13.5. The smallest absolute Gasteiger partial charge is 0.412 e. The van der Waals surface area contributed by atoms with Gasteiger partial charge in [-0.25, -0.2) is 9.78 Å². The van der Waals surface area contributed by atoms with E-state index < -0.39 is 35.9 Å². The molecule has 2 aromatic heterocycles. The van der Waals surface area contributed by atoms with Gasteiger partial charge in [-0.2, -0.15) is 0 Å². The van der Waals surface area contributed by atoms with Gasteiger partial charge in [-0.3, -0.25) is 29.1 Å². The number of nitrogens with zero attached hydrogens (tertiary/aromatic N) is 4. The summed E-state index contributed by atoms with van der Waals surface area (Å²) < 4.78 is 11.7. The molecule has 0 saturated heterocycles. The minimum atomic E-state index is -1.06. The number of anilines is 1. The predicted molar refractivity (Wildman–Crippen MR) is 161 cm³/mol. The summed E-state index contributed by atoms with van der Waals surface area (Å²) in [4.78, 5) is 68.1. The fraction of sp³-hybridized carbons (Fsp3) is 0.267. The molecular weight excluding hydrogens is 588 g/mol. The van der Waals surface area contributed by atoms with E-state index in [1.54, 1.807) is 68.4 Å². The summed E-state index contributed by atoms with van der Waals surface area (Å²) in [6, 6.07) is 16.7. The summed E-state index contributed by atoms with van der Waals surface area (Å²) in [5.74, 6) is -1.83. The second-order valence-electron chi connectivity index (χ2n) is 9.96. The first-order valence-corrected chi connectivity index (χ1v) is 14.5. The Bertz CT molecular complexity index is 1690. The maximum Gasteiger partial charge on any atom is 0.412 e. The minimum Gasteiger partial charge on any atom is -0.444 e. The quantitative estimate of drug-likeness (QED) is 0.165. The number of aromatic nitrogens is 4. The van der Waals surface area contributed by atoms with Gasteiger partial charge in [0.15, 0.2) is 0 Å². The molecule has 13 nitrogen and oxygen atoms in total. The number of hydrogen-bond donors (Lipinski definition) is 2. The molecule has 2 aromatic carbocycles. The third-order valence-electron chi connectivity index (χ3n) is 6.11. The first-order chi connectivity index (χ1) is 21.1. The van der Waals surface area contributed by atoms with Gasteiger partial charge in [0.1, 0.15) is 30.4 Å². The van der Waals surface area contributed by atoms with Crippen molar-refractivity contribution < 1.29 is 28.3 Å². The Morgan fingerprint density at radius 3 is 2.34 bits per heavy atom. The van der Waals surface area contributed by atoms with Crippen molar-refractivity contribution in [3.63, 3.8) is 0 Å². The summed E-state index contributed by atoms with van der Waals surface area (Å²) in [5.41, 5.74) is 0.402. The largest absolute Gasteiger partial charge is 0.444 e. The van der Waals surface area contributed by atoms with Crippen LogP contribution in [-0.2, 0) is 27.5 Å². The molecule has 2 amide bonds. The van der Waals surface area contributed by atoms with Crippen LogP contribution in [0.1, 0.15) is 37.0 Å². The topological polar surface area (TPSA) is 175 Å². The molecule has 0 fully saturated rings. The summed E-state index contributed by atoms with van der Waals surface area (Å²) in [7, 11) is 0. The molecule has 0 radical (unpaired) electrons. The van der Waals surface area contributed by atoms with Crippen LogP contribution >= 0.6 is 11.8 Å². The molecule has 1 atom stereocenters. The van der Waals surface area contributed by atoms with Crippen LogP contribution in [0.2, 0.25) is 0 Å². The number of benzene rings is 2. The Hall–Kier alpha value is -5.11. The van der Waals surface area contributed by atoms with Crippen LogP contribution in [0.3, 0.4) is 0 Å². The van der Waals surface area contributed by atoms with Gasteiger partial charge in [0.05, 0.1) is 18.0 Å². The summed E-state index contributed by atoms with van der Waals surface area (Å²) >= 11 is 0.998. The van der Waals surface area contributed by atoms with E-state index in [0.717, 1.165) is 21.9 Å². The molecule has 2 heterocycles. The summed E-state index contributed by atoms with van der Waals surface area (Å²) in [5, 5.41) is 12.6. The van der Waals surface area contributed by atoms with Gasteiger partial charge < -0.3 is 14.5 Å². The monoisotopic (exact) mass is 618 g/mol. The number of amides is 2. The molecule has 0 bridgehead atoms. The molecule has 0 aliphatic rings. The zero-order valence-corrected chi connectivity index (χ0v) is 25.0. The molecule has 2 N–H and O–H groups in total. The predicted octanol–water partition coefficient (Wildman–Crippen LogP) is 3.75. The van der Waals surface area contributed by atoms with E-state index in [1.165, 1.54) is 13.1 Å². The van der Waals surface area contributed by atoms with Gasteiger partial charge in [-0.15, -0.1) is 10.2 Å². The molecular formula is C30H30N6O7S. The normalized spacial score (nSPS) is 11.5. The van der Waals surface area contributed by atoms with Crippen LogP contribution < -0.4 is 16.2 Å². The van der Waals surface area contributed by atoms with E-state index >= 15 is 0 Å². The molecule has 4 aromatic rings. The van der Waals surface area contributed by atoms with Gasteiger partial charge in [0.2, 0.25) is 11.7 Å². The molecule has 0 aliphatic heterocycles. The van der Waals surface area contributed by atoms with E-state index in [9.17, 15) is 24.0 Å². The van der Waals surface area contributed by atoms with Crippen molar-refractivity contribution in [2.45, 2.75) is 45.2 Å². The highest BCUT2D eigenvalue weighted by Crippen LogP contribution is 2.19. The van der Waals surface area contributed by atoms with Gasteiger partial charge in [0, 0.05) is 5.56 Å². The van der Waals surface area contributed by atoms with Crippen LogP contribution in [0.4, 0.5) is 10.5 Å². The zero-order valence-electron chi connectivity index (χ0n) is 24.2. The molecule has 1 unspecified atom stereocenters. The van der Waals surface area contributed by atoms with Crippen LogP contribution in [-0.4, -0.2) is 55.1 Å². The minimum absolute atomic E-state index is 0.0135. The highest BCUT2D eigenvalue weighted by molar-refractivity contribution is 7.99. The van der Waals surface area contributed by atoms with E-state index in [0.29, 0.717) is 5.56 Å². The lowest BCUT2D eigenvalue weighted by Gasteiger charge is -2.20. The zero-order chi connectivity index (χ0) is 31.6. The lowest BCUT2D eigenvalue weighted by atomic mass is 9.99. The Kier molecular flexibility index (Phi) is 10.8. The number of carbonyl (C=O) groups excluding carboxylic acids is 4. The summed E-state index contributed by atoms with van der Waals surface area (Å²) in [6.45, 7) is 4.32. The lowest BCUT2D eigenvalue weighted by Crippen LogP contribution is -2.46. The molecule has 0 spiro atoms. The van der Waals surface area contributed by atoms with Crippen molar-refractivity contribution in [1.29, 1.82) is 0 Å². The molecule has 228 valence electrons. The number of ketones is 2. The number of nitrogens with one attached hydrogen (secondary N) is 2. The number of thioether (sulfide) groups is 1. The Labute approximate surface area is 256 Å². The fourth-order valence-electron chi connectivity index (χ4n) is 3.97. The third kappa shape index (κ3) is 8.47. The number of rotatable bonds is 13. The molecule has 44 heavy (non-hydrogen) atoms. The van der Waals surface area contributed by atoms with Crippen LogP contribution in [0.15, 0.2) is 81.3 Å². The SMILES string of the molecule is CC(=O)CSc1nnc(C(=O)C(NC(=O)Cn2c(-c3ccccc3)ncc(NC(=O)OCc3ccccc3)c2=O)C(C)C)o1. The fourth-order valence-corrected chi connectivity index (χ4v) is 4.54. The van der Waals surface area contributed by atoms with Gasteiger partial charge >= 0.3 is 6.09 Å². The Morgan fingerprint density at radius 1 is 1.00 bits per heavy atom. The highest BCUT2D eigenvalue weighted by Gasteiger charge is 2.30. The number of ether oxygens (including phenoxy) is 1.